The van der Waals surface area contributed by atoms with E-state index in [-0.39, 0.29) is 23.0 Å². The van der Waals surface area contributed by atoms with Gasteiger partial charge in [0.05, 0.1) is 5.75 Å². The van der Waals surface area contributed by atoms with E-state index in [2.05, 4.69) is 31.4 Å². The SMILES string of the molecule is CCS(=O)(=O)CCCC(NN)C(C)(C)c1ccccc1. The molecule has 0 aliphatic heterocycles. The highest BCUT2D eigenvalue weighted by Crippen LogP contribution is 2.29. The predicted octanol–water partition coefficient (Wildman–Crippen LogP) is 2.01. The van der Waals surface area contributed by atoms with Crippen LogP contribution in [0.15, 0.2) is 30.3 Å². The molecule has 0 aromatic heterocycles. The molecular formula is C15H26N2O2S. The standard InChI is InChI=1S/C15H26N2O2S/c1-4-20(18,19)12-8-11-14(17-16)15(2,3)13-9-6-5-7-10-13/h5-7,9-10,14,17H,4,8,11-12,16H2,1-3H3. The first-order chi connectivity index (χ1) is 9.33. The van der Waals surface area contributed by atoms with Gasteiger partial charge in [-0.05, 0) is 18.4 Å². The fourth-order valence-electron chi connectivity index (χ4n) is 2.37. The van der Waals surface area contributed by atoms with Gasteiger partial charge in [-0.15, -0.1) is 0 Å². The monoisotopic (exact) mass is 298 g/mol. The Bertz CT molecular complexity index is 498. The number of benzene rings is 1. The quantitative estimate of drug-likeness (QED) is 0.569. The summed E-state index contributed by atoms with van der Waals surface area (Å²) in [6, 6.07) is 10.2. The number of nitrogens with two attached hydrogens (primary N) is 1. The first-order valence-electron chi connectivity index (χ1n) is 7.05. The molecule has 0 saturated carbocycles. The van der Waals surface area contributed by atoms with Crippen LogP contribution in [0.4, 0.5) is 0 Å². The van der Waals surface area contributed by atoms with Crippen LogP contribution in [0.5, 0.6) is 0 Å². The maximum atomic E-state index is 11.5. The van der Waals surface area contributed by atoms with Crippen molar-refractivity contribution in [3.63, 3.8) is 0 Å². The summed E-state index contributed by atoms with van der Waals surface area (Å²) in [7, 11) is -2.90. The van der Waals surface area contributed by atoms with Crippen LogP contribution in [0, 0.1) is 0 Å². The molecule has 1 rings (SSSR count). The van der Waals surface area contributed by atoms with Gasteiger partial charge < -0.3 is 0 Å². The summed E-state index contributed by atoms with van der Waals surface area (Å²) in [6.07, 6.45) is 1.36. The van der Waals surface area contributed by atoms with E-state index in [0.29, 0.717) is 6.42 Å². The Labute approximate surface area is 122 Å². The number of hydrogen-bond acceptors (Lipinski definition) is 4. The Morgan fingerprint density at radius 3 is 2.35 bits per heavy atom. The van der Waals surface area contributed by atoms with Crippen LogP contribution >= 0.6 is 0 Å². The largest absolute Gasteiger partial charge is 0.271 e. The number of rotatable bonds is 8. The van der Waals surface area contributed by atoms with Crippen molar-refractivity contribution in [3.05, 3.63) is 35.9 Å². The minimum absolute atomic E-state index is 0.0388. The van der Waals surface area contributed by atoms with Gasteiger partial charge in [-0.25, -0.2) is 8.42 Å². The van der Waals surface area contributed by atoms with Crippen LogP contribution < -0.4 is 11.3 Å². The van der Waals surface area contributed by atoms with E-state index in [1.165, 1.54) is 5.56 Å². The van der Waals surface area contributed by atoms with E-state index in [0.717, 1.165) is 6.42 Å². The van der Waals surface area contributed by atoms with Gasteiger partial charge in [0, 0.05) is 17.2 Å². The highest BCUT2D eigenvalue weighted by atomic mass is 32.2. The van der Waals surface area contributed by atoms with Crippen molar-refractivity contribution in [2.75, 3.05) is 11.5 Å². The normalized spacial score (nSPS) is 14.2. The highest BCUT2D eigenvalue weighted by Gasteiger charge is 2.30. The molecule has 20 heavy (non-hydrogen) atoms. The second kappa shape index (κ2) is 7.20. The molecule has 1 atom stereocenters. The molecule has 5 heteroatoms. The summed E-state index contributed by atoms with van der Waals surface area (Å²) in [6.45, 7) is 5.93. The molecule has 1 aromatic carbocycles. The molecule has 0 amide bonds. The van der Waals surface area contributed by atoms with E-state index in [9.17, 15) is 8.42 Å². The van der Waals surface area contributed by atoms with Crippen molar-refractivity contribution in [1.82, 2.24) is 5.43 Å². The lowest BCUT2D eigenvalue weighted by Gasteiger charge is -2.34. The average Bonchev–Trinajstić information content (AvgIpc) is 2.44. The van der Waals surface area contributed by atoms with Crippen molar-refractivity contribution in [3.8, 4) is 0 Å². The second-order valence-electron chi connectivity index (χ2n) is 5.69. The van der Waals surface area contributed by atoms with Crippen LogP contribution in [0.25, 0.3) is 0 Å². The second-order valence-corrected chi connectivity index (χ2v) is 8.16. The van der Waals surface area contributed by atoms with Gasteiger partial charge in [0.15, 0.2) is 0 Å². The third kappa shape index (κ3) is 4.58. The summed E-state index contributed by atoms with van der Waals surface area (Å²) >= 11 is 0. The van der Waals surface area contributed by atoms with E-state index < -0.39 is 9.84 Å². The fourth-order valence-corrected chi connectivity index (χ4v) is 3.27. The van der Waals surface area contributed by atoms with Crippen molar-refractivity contribution in [1.29, 1.82) is 0 Å². The summed E-state index contributed by atoms with van der Waals surface area (Å²) < 4.78 is 23.1. The molecule has 0 heterocycles. The minimum Gasteiger partial charge on any atom is -0.271 e. The Balaban J connectivity index is 2.71. The third-order valence-corrected chi connectivity index (χ3v) is 5.77. The van der Waals surface area contributed by atoms with Crippen LogP contribution in [-0.2, 0) is 15.3 Å². The number of hydrogen-bond donors (Lipinski definition) is 2. The van der Waals surface area contributed by atoms with Gasteiger partial charge in [0.2, 0.25) is 0 Å². The zero-order valence-corrected chi connectivity index (χ0v) is 13.4. The number of nitrogens with one attached hydrogen (secondary N) is 1. The maximum Gasteiger partial charge on any atom is 0.150 e. The fraction of sp³-hybridized carbons (Fsp3) is 0.600. The van der Waals surface area contributed by atoms with E-state index in [4.69, 9.17) is 5.84 Å². The lowest BCUT2D eigenvalue weighted by molar-refractivity contribution is 0.324. The summed E-state index contributed by atoms with van der Waals surface area (Å²) in [4.78, 5) is 0. The van der Waals surface area contributed by atoms with Gasteiger partial charge in [-0.3, -0.25) is 11.3 Å². The van der Waals surface area contributed by atoms with Gasteiger partial charge in [0.25, 0.3) is 0 Å². The van der Waals surface area contributed by atoms with E-state index in [1.807, 2.05) is 18.2 Å². The Hall–Kier alpha value is -0.910. The molecule has 0 saturated heterocycles. The van der Waals surface area contributed by atoms with Crippen molar-refractivity contribution in [2.24, 2.45) is 5.84 Å². The van der Waals surface area contributed by atoms with Gasteiger partial charge >= 0.3 is 0 Å². The highest BCUT2D eigenvalue weighted by molar-refractivity contribution is 7.91. The molecule has 0 radical (unpaired) electrons. The van der Waals surface area contributed by atoms with Gasteiger partial charge in [0.1, 0.15) is 9.84 Å². The smallest absolute Gasteiger partial charge is 0.150 e. The lowest BCUT2D eigenvalue weighted by atomic mass is 9.76. The van der Waals surface area contributed by atoms with Crippen molar-refractivity contribution >= 4 is 9.84 Å². The zero-order chi connectivity index (χ0) is 15.2. The van der Waals surface area contributed by atoms with Gasteiger partial charge in [-0.2, -0.15) is 0 Å². The topological polar surface area (TPSA) is 72.2 Å². The minimum atomic E-state index is -2.90. The predicted molar refractivity (Wildman–Crippen MR) is 84.1 cm³/mol. The molecule has 0 fully saturated rings. The van der Waals surface area contributed by atoms with Crippen LogP contribution in [0.3, 0.4) is 0 Å². The molecule has 0 spiro atoms. The molecule has 1 unspecified atom stereocenters. The summed E-state index contributed by atoms with van der Waals surface area (Å²) in [5.74, 6) is 6.11. The molecule has 1 aromatic rings. The third-order valence-electron chi connectivity index (χ3n) is 3.98. The molecule has 3 N–H and O–H groups in total. The molecule has 0 aliphatic carbocycles. The number of hydrazine groups is 1. The zero-order valence-electron chi connectivity index (χ0n) is 12.6. The summed E-state index contributed by atoms with van der Waals surface area (Å²) in [5, 5.41) is 0. The first kappa shape index (κ1) is 17.1. The molecular weight excluding hydrogens is 272 g/mol. The van der Waals surface area contributed by atoms with Crippen LogP contribution in [-0.4, -0.2) is 26.0 Å². The summed E-state index contributed by atoms with van der Waals surface area (Å²) in [5.41, 5.74) is 3.90. The van der Waals surface area contributed by atoms with Crippen molar-refractivity contribution < 1.29 is 8.42 Å². The Kier molecular flexibility index (Phi) is 6.17. The molecule has 0 aliphatic rings. The van der Waals surface area contributed by atoms with E-state index >= 15 is 0 Å². The molecule has 0 bridgehead atoms. The first-order valence-corrected chi connectivity index (χ1v) is 8.87. The lowest BCUT2D eigenvalue weighted by Crippen LogP contribution is -2.48. The Morgan fingerprint density at radius 1 is 1.25 bits per heavy atom. The molecule has 114 valence electrons. The maximum absolute atomic E-state index is 11.5. The Morgan fingerprint density at radius 2 is 1.85 bits per heavy atom. The molecule has 4 nitrogen and oxygen atoms in total. The average molecular weight is 298 g/mol. The van der Waals surface area contributed by atoms with Crippen LogP contribution in [0.1, 0.15) is 39.2 Å². The van der Waals surface area contributed by atoms with Crippen LogP contribution in [0.2, 0.25) is 0 Å². The van der Waals surface area contributed by atoms with E-state index in [1.54, 1.807) is 6.92 Å². The number of sulfone groups is 1. The van der Waals surface area contributed by atoms with Crippen molar-refractivity contribution in [2.45, 2.75) is 45.1 Å². The van der Waals surface area contributed by atoms with Gasteiger partial charge in [-0.1, -0.05) is 51.1 Å².